The van der Waals surface area contributed by atoms with Gasteiger partial charge in [0.25, 0.3) is 0 Å². The molecule has 0 amide bonds. The summed E-state index contributed by atoms with van der Waals surface area (Å²) in [5, 5.41) is -0.286. The highest BCUT2D eigenvalue weighted by atomic mass is 35.5. The molecule has 30 heavy (non-hydrogen) atoms. The number of alkyl halides is 3. The Labute approximate surface area is 178 Å². The van der Waals surface area contributed by atoms with Crippen molar-refractivity contribution in [2.75, 3.05) is 6.61 Å². The van der Waals surface area contributed by atoms with Crippen LogP contribution in [0.15, 0.2) is 53.9 Å². The van der Waals surface area contributed by atoms with E-state index in [-0.39, 0.29) is 23.0 Å². The lowest BCUT2D eigenvalue weighted by atomic mass is 9.79. The monoisotopic (exact) mass is 448 g/mol. The molecule has 0 aromatic heterocycles. The molecular formula is C20H22BClF4O4. The average Bonchev–Trinajstić information content (AvgIpc) is 2.79. The van der Waals surface area contributed by atoms with Crippen LogP contribution in [0, 0.1) is 0 Å². The summed E-state index contributed by atoms with van der Waals surface area (Å²) in [6.07, 6.45) is -3.79. The van der Waals surface area contributed by atoms with E-state index in [4.69, 9.17) is 25.6 Å². The van der Waals surface area contributed by atoms with Gasteiger partial charge in [0.1, 0.15) is 12.4 Å². The molecule has 1 fully saturated rings. The van der Waals surface area contributed by atoms with Crippen molar-refractivity contribution >= 4 is 24.2 Å². The van der Waals surface area contributed by atoms with E-state index < -0.39 is 36.3 Å². The molecule has 0 radical (unpaired) electrons. The van der Waals surface area contributed by atoms with E-state index in [2.05, 4.69) is 17.9 Å². The molecule has 0 bridgehead atoms. The van der Waals surface area contributed by atoms with Gasteiger partial charge in [-0.2, -0.15) is 0 Å². The number of benzene rings is 1. The molecule has 0 N–H and O–H groups in total. The lowest BCUT2D eigenvalue weighted by molar-refractivity contribution is -0.275. The smallest absolute Gasteiger partial charge is 0.485 e. The standard InChI is InChI=1S/C20H22BClF4O4/c1-12(9-15(22)13(2)23)11-27-16-8-7-14(10-17(16)28-20(24,25)26)21-29-18(3,4)19(5,6)30-21/h7-10H,1-2,11H2,3-6H3/b15-9+. The molecule has 1 aliphatic rings. The first-order chi connectivity index (χ1) is 13.6. The zero-order valence-corrected chi connectivity index (χ0v) is 17.8. The van der Waals surface area contributed by atoms with Crippen molar-refractivity contribution in [3.8, 4) is 11.5 Å². The van der Waals surface area contributed by atoms with Gasteiger partial charge in [-0.05, 0) is 56.9 Å². The Morgan fingerprint density at radius 3 is 2.20 bits per heavy atom. The predicted octanol–water partition coefficient (Wildman–Crippen LogP) is 5.43. The fourth-order valence-corrected chi connectivity index (χ4v) is 2.60. The van der Waals surface area contributed by atoms with Crippen LogP contribution >= 0.6 is 11.6 Å². The van der Waals surface area contributed by atoms with Gasteiger partial charge in [0, 0.05) is 0 Å². The molecule has 0 saturated carbocycles. The van der Waals surface area contributed by atoms with Crippen LogP contribution in [0.1, 0.15) is 27.7 Å². The highest BCUT2D eigenvalue weighted by Gasteiger charge is 2.52. The number of halogens is 5. The molecule has 0 unspecified atom stereocenters. The third-order valence-corrected chi connectivity index (χ3v) is 5.04. The molecular weight excluding hydrogens is 426 g/mol. The number of allylic oxidation sites excluding steroid dienone is 2. The maximum atomic E-state index is 12.9. The Bertz CT molecular complexity index is 849. The Morgan fingerprint density at radius 1 is 1.13 bits per heavy atom. The van der Waals surface area contributed by atoms with Crippen LogP contribution in [0.25, 0.3) is 0 Å². The molecule has 0 aliphatic carbocycles. The predicted molar refractivity (Wildman–Crippen MR) is 108 cm³/mol. The minimum atomic E-state index is -4.95. The number of ether oxygens (including phenoxy) is 2. The van der Waals surface area contributed by atoms with Crippen molar-refractivity contribution in [3.63, 3.8) is 0 Å². The quantitative estimate of drug-likeness (QED) is 0.317. The Morgan fingerprint density at radius 2 is 1.70 bits per heavy atom. The minimum Gasteiger partial charge on any atom is -0.485 e. The van der Waals surface area contributed by atoms with Gasteiger partial charge in [-0.25, -0.2) is 4.39 Å². The van der Waals surface area contributed by atoms with Crippen LogP contribution in [-0.4, -0.2) is 31.3 Å². The van der Waals surface area contributed by atoms with Gasteiger partial charge in [-0.15, -0.1) is 13.2 Å². The summed E-state index contributed by atoms with van der Waals surface area (Å²) in [4.78, 5) is 0. The maximum Gasteiger partial charge on any atom is 0.573 e. The summed E-state index contributed by atoms with van der Waals surface area (Å²) in [6, 6.07) is 3.95. The van der Waals surface area contributed by atoms with E-state index in [0.29, 0.717) is 5.46 Å². The number of hydrogen-bond acceptors (Lipinski definition) is 4. The van der Waals surface area contributed by atoms with Crippen LogP contribution in [0.3, 0.4) is 0 Å². The van der Waals surface area contributed by atoms with E-state index in [0.717, 1.165) is 12.1 Å². The van der Waals surface area contributed by atoms with Crippen molar-refractivity contribution in [3.05, 3.63) is 53.9 Å². The largest absolute Gasteiger partial charge is 0.573 e. The van der Waals surface area contributed by atoms with Gasteiger partial charge in [-0.3, -0.25) is 0 Å². The van der Waals surface area contributed by atoms with E-state index in [1.165, 1.54) is 12.1 Å². The first-order valence-corrected chi connectivity index (χ1v) is 9.27. The van der Waals surface area contributed by atoms with E-state index >= 15 is 0 Å². The fourth-order valence-electron chi connectivity index (χ4n) is 2.44. The number of hydrogen-bond donors (Lipinski definition) is 0. The van der Waals surface area contributed by atoms with E-state index in [9.17, 15) is 17.6 Å². The van der Waals surface area contributed by atoms with Gasteiger partial charge in [-0.1, -0.05) is 30.8 Å². The van der Waals surface area contributed by atoms with Crippen LogP contribution in [0.5, 0.6) is 11.5 Å². The second-order valence-corrected chi connectivity index (χ2v) is 8.09. The molecule has 4 nitrogen and oxygen atoms in total. The summed E-state index contributed by atoms with van der Waals surface area (Å²) in [5.74, 6) is -1.64. The molecule has 10 heteroatoms. The number of rotatable bonds is 7. The summed E-state index contributed by atoms with van der Waals surface area (Å²) < 4.78 is 72.8. The second kappa shape index (κ2) is 8.65. The van der Waals surface area contributed by atoms with Gasteiger partial charge >= 0.3 is 13.5 Å². The highest BCUT2D eigenvalue weighted by molar-refractivity contribution is 6.62. The topological polar surface area (TPSA) is 36.9 Å². The maximum absolute atomic E-state index is 12.9. The van der Waals surface area contributed by atoms with Crippen molar-refractivity contribution in [2.24, 2.45) is 0 Å². The van der Waals surface area contributed by atoms with E-state index in [1.807, 2.05) is 27.7 Å². The van der Waals surface area contributed by atoms with Gasteiger partial charge in [0.05, 0.1) is 16.2 Å². The Balaban J connectivity index is 2.26. The molecule has 0 atom stereocenters. The third kappa shape index (κ3) is 6.03. The highest BCUT2D eigenvalue weighted by Crippen LogP contribution is 2.38. The third-order valence-electron chi connectivity index (χ3n) is 4.72. The van der Waals surface area contributed by atoms with Crippen LogP contribution in [-0.2, 0) is 9.31 Å². The molecule has 1 aromatic rings. The summed E-state index contributed by atoms with van der Waals surface area (Å²) in [5.41, 5.74) is -0.786. The van der Waals surface area contributed by atoms with Crippen LogP contribution < -0.4 is 14.9 Å². The first-order valence-electron chi connectivity index (χ1n) is 8.89. The van der Waals surface area contributed by atoms with Gasteiger partial charge < -0.3 is 18.8 Å². The summed E-state index contributed by atoms with van der Waals surface area (Å²) in [7, 11) is -0.882. The minimum absolute atomic E-state index is 0.197. The molecule has 1 aliphatic heterocycles. The molecule has 2 rings (SSSR count). The van der Waals surface area contributed by atoms with Crippen molar-refractivity contribution in [2.45, 2.75) is 45.3 Å². The fraction of sp³-hybridized carbons (Fsp3) is 0.400. The zero-order chi connectivity index (χ0) is 22.9. The SMILES string of the molecule is C=C(/C=C(/Cl)C(=C)F)COc1ccc(B2OC(C)(C)C(C)(C)O2)cc1OC(F)(F)F. The van der Waals surface area contributed by atoms with Crippen molar-refractivity contribution in [1.29, 1.82) is 0 Å². The second-order valence-electron chi connectivity index (χ2n) is 7.69. The van der Waals surface area contributed by atoms with Gasteiger partial charge in [0.15, 0.2) is 11.5 Å². The summed E-state index contributed by atoms with van der Waals surface area (Å²) >= 11 is 5.62. The first kappa shape index (κ1) is 24.3. The summed E-state index contributed by atoms with van der Waals surface area (Å²) in [6.45, 7) is 13.7. The average molecular weight is 449 g/mol. The Hall–Kier alpha value is -1.97. The Kier molecular flexibility index (Phi) is 7.01. The lowest BCUT2D eigenvalue weighted by Gasteiger charge is -2.32. The van der Waals surface area contributed by atoms with Gasteiger partial charge in [0.2, 0.25) is 0 Å². The molecule has 1 aromatic carbocycles. The molecule has 1 saturated heterocycles. The molecule has 1 heterocycles. The van der Waals surface area contributed by atoms with Crippen LogP contribution in [0.4, 0.5) is 17.6 Å². The molecule has 0 spiro atoms. The lowest BCUT2D eigenvalue weighted by Crippen LogP contribution is -2.41. The normalized spacial score (nSPS) is 18.3. The van der Waals surface area contributed by atoms with Crippen LogP contribution in [0.2, 0.25) is 0 Å². The van der Waals surface area contributed by atoms with Crippen molar-refractivity contribution < 1.29 is 36.3 Å². The van der Waals surface area contributed by atoms with Crippen molar-refractivity contribution in [1.82, 2.24) is 0 Å². The van der Waals surface area contributed by atoms with E-state index in [1.54, 1.807) is 0 Å². The zero-order valence-electron chi connectivity index (χ0n) is 17.0. The molecule has 164 valence electrons.